The molecule has 0 aliphatic carbocycles. The minimum Gasteiger partial charge on any atom is -0.495 e. The normalized spacial score (nSPS) is 10.4. The smallest absolute Gasteiger partial charge is 0.231 e. The Balaban J connectivity index is 2.80. The largest absolute Gasteiger partial charge is 0.495 e. The molecule has 0 fully saturated rings. The molecule has 7 nitrogen and oxygen atoms in total. The van der Waals surface area contributed by atoms with Gasteiger partial charge in [-0.3, -0.25) is 14.5 Å². The predicted octanol–water partition coefficient (Wildman–Crippen LogP) is -0.950. The number of hydrogen-bond acceptors (Lipinski definition) is 5. The maximum absolute atomic E-state index is 10.9. The highest BCUT2D eigenvalue weighted by Crippen LogP contribution is 2.22. The van der Waals surface area contributed by atoms with Gasteiger partial charge in [0.1, 0.15) is 5.75 Å². The van der Waals surface area contributed by atoms with E-state index in [0.717, 1.165) is 5.56 Å². The molecule has 1 aromatic carbocycles. The lowest BCUT2D eigenvalue weighted by molar-refractivity contribution is -0.122. The van der Waals surface area contributed by atoms with Crippen LogP contribution in [0.3, 0.4) is 0 Å². The molecule has 0 heterocycles. The number of methoxy groups -OCH3 is 1. The topological polar surface area (TPSA) is 125 Å². The highest BCUT2D eigenvalue weighted by Gasteiger charge is 2.12. The Morgan fingerprint density at radius 1 is 1.21 bits per heavy atom. The molecule has 0 bridgehead atoms. The first kappa shape index (κ1) is 14.8. The number of amides is 2. The van der Waals surface area contributed by atoms with Crippen molar-refractivity contribution in [3.05, 3.63) is 23.8 Å². The average molecular weight is 266 g/mol. The van der Waals surface area contributed by atoms with Crippen molar-refractivity contribution in [2.75, 3.05) is 25.9 Å². The molecule has 0 atom stereocenters. The number of primary amides is 2. The molecular weight excluding hydrogens is 248 g/mol. The molecule has 2 amide bonds. The number of carbonyl (C=O) groups excluding carboxylic acids is 2. The van der Waals surface area contributed by atoms with Gasteiger partial charge in [0.25, 0.3) is 0 Å². The van der Waals surface area contributed by atoms with Crippen molar-refractivity contribution < 1.29 is 14.3 Å². The van der Waals surface area contributed by atoms with Gasteiger partial charge in [0.2, 0.25) is 11.8 Å². The van der Waals surface area contributed by atoms with Crippen LogP contribution in [0.4, 0.5) is 5.69 Å². The zero-order chi connectivity index (χ0) is 14.4. The Morgan fingerprint density at radius 3 is 2.21 bits per heavy atom. The van der Waals surface area contributed by atoms with E-state index in [2.05, 4.69) is 0 Å². The highest BCUT2D eigenvalue weighted by molar-refractivity contribution is 5.79. The Hall–Kier alpha value is -2.28. The fraction of sp³-hybridized carbons (Fsp3) is 0.333. The Bertz CT molecular complexity index is 460. The molecule has 0 unspecified atom stereocenters. The number of hydrogen-bond donors (Lipinski definition) is 3. The minimum absolute atomic E-state index is 0.0468. The van der Waals surface area contributed by atoms with Crippen LogP contribution in [0.1, 0.15) is 5.56 Å². The molecule has 0 spiro atoms. The molecule has 1 aromatic rings. The first-order valence-corrected chi connectivity index (χ1v) is 5.63. The second-order valence-corrected chi connectivity index (χ2v) is 4.15. The van der Waals surface area contributed by atoms with E-state index in [1.807, 2.05) is 0 Å². The van der Waals surface area contributed by atoms with Crippen molar-refractivity contribution in [1.29, 1.82) is 0 Å². The van der Waals surface area contributed by atoms with Crippen molar-refractivity contribution in [1.82, 2.24) is 4.90 Å². The quantitative estimate of drug-likeness (QED) is 0.549. The van der Waals surface area contributed by atoms with Crippen molar-refractivity contribution in [2.45, 2.75) is 6.54 Å². The lowest BCUT2D eigenvalue weighted by Gasteiger charge is -2.19. The van der Waals surface area contributed by atoms with Crippen LogP contribution in [-0.2, 0) is 16.1 Å². The fourth-order valence-electron chi connectivity index (χ4n) is 1.75. The first-order valence-electron chi connectivity index (χ1n) is 5.63. The third-order valence-electron chi connectivity index (χ3n) is 2.46. The van der Waals surface area contributed by atoms with Crippen LogP contribution in [0.15, 0.2) is 18.2 Å². The van der Waals surface area contributed by atoms with Crippen molar-refractivity contribution in [2.24, 2.45) is 11.5 Å². The molecule has 0 saturated carbocycles. The zero-order valence-corrected chi connectivity index (χ0v) is 10.8. The van der Waals surface area contributed by atoms with Gasteiger partial charge in [0.15, 0.2) is 0 Å². The van der Waals surface area contributed by atoms with Gasteiger partial charge in [-0.1, -0.05) is 6.07 Å². The van der Waals surface area contributed by atoms with Gasteiger partial charge in [0, 0.05) is 6.54 Å². The van der Waals surface area contributed by atoms with Gasteiger partial charge in [-0.2, -0.15) is 0 Å². The van der Waals surface area contributed by atoms with E-state index in [0.29, 0.717) is 18.0 Å². The first-order chi connectivity index (χ1) is 8.92. The summed E-state index contributed by atoms with van der Waals surface area (Å²) in [4.78, 5) is 23.4. The summed E-state index contributed by atoms with van der Waals surface area (Å²) >= 11 is 0. The molecule has 1 rings (SSSR count). The zero-order valence-electron chi connectivity index (χ0n) is 10.8. The van der Waals surface area contributed by atoms with Gasteiger partial charge in [-0.15, -0.1) is 0 Å². The highest BCUT2D eigenvalue weighted by atomic mass is 16.5. The number of nitrogens with zero attached hydrogens (tertiary/aromatic N) is 1. The maximum Gasteiger partial charge on any atom is 0.231 e. The maximum atomic E-state index is 10.9. The predicted molar refractivity (Wildman–Crippen MR) is 71.1 cm³/mol. The van der Waals surface area contributed by atoms with E-state index >= 15 is 0 Å². The third kappa shape index (κ3) is 4.84. The van der Waals surface area contributed by atoms with E-state index in [1.165, 1.54) is 7.11 Å². The average Bonchev–Trinajstić information content (AvgIpc) is 2.27. The summed E-state index contributed by atoms with van der Waals surface area (Å²) in [5.41, 5.74) is 17.3. The lowest BCUT2D eigenvalue weighted by atomic mass is 10.1. The molecular formula is C12H18N4O3. The number of rotatable bonds is 7. The van der Waals surface area contributed by atoms with Crippen LogP contribution in [0.25, 0.3) is 0 Å². The van der Waals surface area contributed by atoms with Gasteiger partial charge < -0.3 is 21.9 Å². The number of anilines is 1. The Labute approximate surface area is 111 Å². The summed E-state index contributed by atoms with van der Waals surface area (Å²) in [5.74, 6) is -0.481. The molecule has 7 heteroatoms. The van der Waals surface area contributed by atoms with Crippen LogP contribution >= 0.6 is 0 Å². The van der Waals surface area contributed by atoms with Crippen molar-refractivity contribution >= 4 is 17.5 Å². The monoisotopic (exact) mass is 266 g/mol. The molecule has 104 valence electrons. The SMILES string of the molecule is COc1ccc(CN(CC(N)=O)CC(N)=O)cc1N. The Kier molecular flexibility index (Phi) is 5.13. The second kappa shape index (κ2) is 6.60. The van der Waals surface area contributed by atoms with Crippen molar-refractivity contribution in [3.8, 4) is 5.75 Å². The van der Waals surface area contributed by atoms with Crippen LogP contribution < -0.4 is 21.9 Å². The third-order valence-corrected chi connectivity index (χ3v) is 2.46. The summed E-state index contributed by atoms with van der Waals surface area (Å²) in [5, 5.41) is 0. The summed E-state index contributed by atoms with van der Waals surface area (Å²) < 4.78 is 5.05. The van der Waals surface area contributed by atoms with Crippen LogP contribution in [-0.4, -0.2) is 36.9 Å². The molecule has 0 aliphatic rings. The number of nitrogens with two attached hydrogens (primary N) is 3. The van der Waals surface area contributed by atoms with Gasteiger partial charge in [0.05, 0.1) is 25.9 Å². The van der Waals surface area contributed by atoms with E-state index in [9.17, 15) is 9.59 Å². The lowest BCUT2D eigenvalue weighted by Crippen LogP contribution is -2.39. The number of ether oxygens (including phenoxy) is 1. The van der Waals surface area contributed by atoms with Crippen LogP contribution in [0, 0.1) is 0 Å². The summed E-state index contributed by atoms with van der Waals surface area (Å²) in [7, 11) is 1.53. The standard InChI is InChI=1S/C12H18N4O3/c1-19-10-3-2-8(4-9(10)13)5-16(6-11(14)17)7-12(15)18/h2-4H,5-7,13H2,1H3,(H2,14,17)(H2,15,18). The van der Waals surface area contributed by atoms with Crippen molar-refractivity contribution in [3.63, 3.8) is 0 Å². The van der Waals surface area contributed by atoms with Gasteiger partial charge in [-0.25, -0.2) is 0 Å². The van der Waals surface area contributed by atoms with E-state index < -0.39 is 11.8 Å². The molecule has 0 radical (unpaired) electrons. The second-order valence-electron chi connectivity index (χ2n) is 4.15. The minimum atomic E-state index is -0.525. The summed E-state index contributed by atoms with van der Waals surface area (Å²) in [6.07, 6.45) is 0. The Morgan fingerprint density at radius 2 is 1.79 bits per heavy atom. The van der Waals surface area contributed by atoms with Crippen LogP contribution in [0.5, 0.6) is 5.75 Å². The molecule has 19 heavy (non-hydrogen) atoms. The fourth-order valence-corrected chi connectivity index (χ4v) is 1.75. The van der Waals surface area contributed by atoms with E-state index in [1.54, 1.807) is 23.1 Å². The summed E-state index contributed by atoms with van der Waals surface area (Å²) in [6.45, 7) is 0.254. The molecule has 6 N–H and O–H groups in total. The van der Waals surface area contributed by atoms with E-state index in [4.69, 9.17) is 21.9 Å². The van der Waals surface area contributed by atoms with Gasteiger partial charge >= 0.3 is 0 Å². The molecule has 0 aromatic heterocycles. The van der Waals surface area contributed by atoms with Crippen LogP contribution in [0.2, 0.25) is 0 Å². The molecule has 0 saturated heterocycles. The molecule has 0 aliphatic heterocycles. The van der Waals surface area contributed by atoms with Gasteiger partial charge in [-0.05, 0) is 17.7 Å². The number of nitrogen functional groups attached to an aromatic ring is 1. The van der Waals surface area contributed by atoms with E-state index in [-0.39, 0.29) is 13.1 Å². The number of benzene rings is 1. The number of carbonyl (C=O) groups is 2. The summed E-state index contributed by atoms with van der Waals surface area (Å²) in [6, 6.07) is 5.23.